The number of non-ortho nitro benzene ring substituents is 1. The minimum atomic E-state index is -1.08. The number of hydrogen-bond donors (Lipinski definition) is 1. The Morgan fingerprint density at radius 3 is 2.56 bits per heavy atom. The molecule has 0 spiro atoms. The van der Waals surface area contributed by atoms with Crippen molar-refractivity contribution in [3.8, 4) is 22.1 Å². The van der Waals surface area contributed by atoms with Crippen molar-refractivity contribution >= 4 is 23.0 Å². The van der Waals surface area contributed by atoms with Crippen LogP contribution in [0.2, 0.25) is 0 Å². The van der Waals surface area contributed by atoms with E-state index in [0.29, 0.717) is 22.1 Å². The van der Waals surface area contributed by atoms with Crippen LogP contribution < -0.4 is 9.47 Å². The lowest BCUT2D eigenvalue weighted by Crippen LogP contribution is -1.98. The Morgan fingerprint density at radius 1 is 1.22 bits per heavy atom. The summed E-state index contributed by atoms with van der Waals surface area (Å²) >= 11 is 1.23. The van der Waals surface area contributed by atoms with Crippen LogP contribution in [0.25, 0.3) is 10.6 Å². The fourth-order valence-corrected chi connectivity index (χ4v) is 3.09. The molecule has 0 saturated carbocycles. The van der Waals surface area contributed by atoms with Crippen LogP contribution in [0.1, 0.15) is 16.1 Å². The summed E-state index contributed by atoms with van der Waals surface area (Å²) in [6.07, 6.45) is 0. The Balaban J connectivity index is 1.75. The number of benzene rings is 2. The molecule has 0 bridgehead atoms. The van der Waals surface area contributed by atoms with Crippen LogP contribution >= 0.6 is 11.3 Å². The van der Waals surface area contributed by atoms with Crippen molar-refractivity contribution < 1.29 is 24.3 Å². The highest BCUT2D eigenvalue weighted by atomic mass is 32.1. The SMILES string of the molecule is COc1cc(-c2nc(C(=O)O)cs2)ccc1OCc1ccc([N+](=O)[O-])cc1. The van der Waals surface area contributed by atoms with Crippen molar-refractivity contribution in [2.45, 2.75) is 6.61 Å². The fourth-order valence-electron chi connectivity index (χ4n) is 2.30. The van der Waals surface area contributed by atoms with Crippen molar-refractivity contribution in [3.05, 3.63) is 69.2 Å². The predicted molar refractivity (Wildman–Crippen MR) is 98.5 cm³/mol. The highest BCUT2D eigenvalue weighted by molar-refractivity contribution is 7.13. The maximum atomic E-state index is 11.0. The molecule has 8 nitrogen and oxygen atoms in total. The van der Waals surface area contributed by atoms with Gasteiger partial charge in [-0.3, -0.25) is 10.1 Å². The Kier molecular flexibility index (Phi) is 5.32. The van der Waals surface area contributed by atoms with E-state index in [-0.39, 0.29) is 18.0 Å². The summed E-state index contributed by atoms with van der Waals surface area (Å²) in [6, 6.07) is 11.3. The summed E-state index contributed by atoms with van der Waals surface area (Å²) in [6.45, 7) is 0.216. The van der Waals surface area contributed by atoms with Gasteiger partial charge in [0.15, 0.2) is 17.2 Å². The lowest BCUT2D eigenvalue weighted by Gasteiger charge is -2.11. The second-order valence-electron chi connectivity index (χ2n) is 5.42. The predicted octanol–water partition coefficient (Wildman–Crippen LogP) is 4.00. The lowest BCUT2D eigenvalue weighted by atomic mass is 10.2. The van der Waals surface area contributed by atoms with E-state index in [0.717, 1.165) is 5.56 Å². The van der Waals surface area contributed by atoms with Crippen LogP contribution in [-0.4, -0.2) is 28.1 Å². The van der Waals surface area contributed by atoms with Gasteiger partial charge < -0.3 is 14.6 Å². The molecular formula is C18H14N2O6S. The molecule has 0 atom stereocenters. The van der Waals surface area contributed by atoms with Gasteiger partial charge >= 0.3 is 5.97 Å². The monoisotopic (exact) mass is 386 g/mol. The average molecular weight is 386 g/mol. The molecule has 0 amide bonds. The number of carbonyl (C=O) groups is 1. The number of rotatable bonds is 7. The quantitative estimate of drug-likeness (QED) is 0.482. The number of thiazole rings is 1. The van der Waals surface area contributed by atoms with Crippen molar-refractivity contribution in [2.24, 2.45) is 0 Å². The minimum absolute atomic E-state index is 0.00698. The van der Waals surface area contributed by atoms with Gasteiger partial charge in [-0.1, -0.05) is 0 Å². The normalized spacial score (nSPS) is 10.4. The number of ether oxygens (including phenoxy) is 2. The summed E-state index contributed by atoms with van der Waals surface area (Å²) in [7, 11) is 1.50. The first kappa shape index (κ1) is 18.3. The molecule has 1 heterocycles. The molecule has 0 radical (unpaired) electrons. The molecule has 1 N–H and O–H groups in total. The van der Waals surface area contributed by atoms with E-state index in [4.69, 9.17) is 14.6 Å². The van der Waals surface area contributed by atoms with E-state index < -0.39 is 10.9 Å². The number of nitro benzene ring substituents is 1. The van der Waals surface area contributed by atoms with E-state index in [2.05, 4.69) is 4.98 Å². The molecular weight excluding hydrogens is 372 g/mol. The molecule has 27 heavy (non-hydrogen) atoms. The molecule has 0 aliphatic heterocycles. The van der Waals surface area contributed by atoms with Crippen molar-refractivity contribution in [3.63, 3.8) is 0 Å². The number of nitro groups is 1. The van der Waals surface area contributed by atoms with Crippen LogP contribution in [-0.2, 0) is 6.61 Å². The summed E-state index contributed by atoms with van der Waals surface area (Å²) < 4.78 is 11.1. The zero-order valence-electron chi connectivity index (χ0n) is 14.1. The van der Waals surface area contributed by atoms with Crippen molar-refractivity contribution in [2.75, 3.05) is 7.11 Å². The first-order valence-corrected chi connectivity index (χ1v) is 8.59. The van der Waals surface area contributed by atoms with Crippen LogP contribution in [0.3, 0.4) is 0 Å². The standard InChI is InChI=1S/C18H14N2O6S/c1-25-16-8-12(17-19-14(10-27-17)18(21)22)4-7-15(16)26-9-11-2-5-13(6-3-11)20(23)24/h2-8,10H,9H2,1H3,(H,21,22). The van der Waals surface area contributed by atoms with E-state index in [1.807, 2.05) is 0 Å². The van der Waals surface area contributed by atoms with Crippen LogP contribution in [0, 0.1) is 10.1 Å². The third kappa shape index (κ3) is 4.21. The average Bonchev–Trinajstić information content (AvgIpc) is 3.17. The van der Waals surface area contributed by atoms with Gasteiger partial charge in [-0.25, -0.2) is 9.78 Å². The zero-order valence-corrected chi connectivity index (χ0v) is 14.9. The maximum absolute atomic E-state index is 11.0. The highest BCUT2D eigenvalue weighted by Gasteiger charge is 2.13. The Labute approximate surface area is 157 Å². The summed E-state index contributed by atoms with van der Waals surface area (Å²) in [5.74, 6) is -0.108. The van der Waals surface area contributed by atoms with Gasteiger partial charge in [0.1, 0.15) is 11.6 Å². The third-order valence-corrected chi connectivity index (χ3v) is 4.57. The first-order valence-electron chi connectivity index (χ1n) is 7.71. The van der Waals surface area contributed by atoms with Crippen LogP contribution in [0.5, 0.6) is 11.5 Å². The van der Waals surface area contributed by atoms with Crippen LogP contribution in [0.15, 0.2) is 47.8 Å². The van der Waals surface area contributed by atoms with Crippen LogP contribution in [0.4, 0.5) is 5.69 Å². The highest BCUT2D eigenvalue weighted by Crippen LogP contribution is 2.34. The topological polar surface area (TPSA) is 112 Å². The molecule has 0 saturated heterocycles. The maximum Gasteiger partial charge on any atom is 0.355 e. The zero-order chi connectivity index (χ0) is 19.4. The van der Waals surface area contributed by atoms with Gasteiger partial charge in [-0.15, -0.1) is 11.3 Å². The van der Waals surface area contributed by atoms with E-state index in [9.17, 15) is 14.9 Å². The number of carboxylic acid groups (broad SMARTS) is 1. The van der Waals surface area contributed by atoms with Gasteiger partial charge in [0.25, 0.3) is 5.69 Å². The van der Waals surface area contributed by atoms with Crippen molar-refractivity contribution in [1.82, 2.24) is 4.98 Å². The Hall–Kier alpha value is -3.46. The van der Waals surface area contributed by atoms with Crippen molar-refractivity contribution in [1.29, 1.82) is 0 Å². The minimum Gasteiger partial charge on any atom is -0.493 e. The van der Waals surface area contributed by atoms with E-state index in [1.54, 1.807) is 30.3 Å². The molecule has 0 unspecified atom stereocenters. The molecule has 3 aromatic rings. The Morgan fingerprint density at radius 2 is 1.96 bits per heavy atom. The second-order valence-corrected chi connectivity index (χ2v) is 6.28. The van der Waals surface area contributed by atoms with E-state index >= 15 is 0 Å². The molecule has 2 aromatic carbocycles. The summed E-state index contributed by atoms with van der Waals surface area (Å²) in [4.78, 5) is 25.3. The van der Waals surface area contributed by atoms with Gasteiger partial charge in [-0.05, 0) is 35.9 Å². The smallest absolute Gasteiger partial charge is 0.355 e. The molecule has 0 fully saturated rings. The number of aromatic nitrogens is 1. The second kappa shape index (κ2) is 7.83. The number of hydrogen-bond acceptors (Lipinski definition) is 7. The van der Waals surface area contributed by atoms with Gasteiger partial charge in [-0.2, -0.15) is 0 Å². The number of aromatic carboxylic acids is 1. The van der Waals surface area contributed by atoms with Gasteiger partial charge in [0.2, 0.25) is 0 Å². The molecule has 9 heteroatoms. The van der Waals surface area contributed by atoms with Gasteiger partial charge in [0, 0.05) is 23.1 Å². The van der Waals surface area contributed by atoms with Gasteiger partial charge in [0.05, 0.1) is 12.0 Å². The number of nitrogens with zero attached hydrogens (tertiary/aromatic N) is 2. The lowest BCUT2D eigenvalue weighted by molar-refractivity contribution is -0.384. The largest absolute Gasteiger partial charge is 0.493 e. The van der Waals surface area contributed by atoms with E-state index in [1.165, 1.54) is 36.0 Å². The molecule has 0 aliphatic rings. The molecule has 1 aromatic heterocycles. The number of methoxy groups -OCH3 is 1. The third-order valence-electron chi connectivity index (χ3n) is 3.68. The Bertz CT molecular complexity index is 984. The number of carboxylic acids is 1. The summed E-state index contributed by atoms with van der Waals surface area (Å²) in [5.41, 5.74) is 1.50. The molecule has 138 valence electrons. The molecule has 0 aliphatic carbocycles. The first-order chi connectivity index (χ1) is 13.0. The fraction of sp³-hybridized carbons (Fsp3) is 0.111. The summed E-state index contributed by atoms with van der Waals surface area (Å²) in [5, 5.41) is 21.7. The molecule has 3 rings (SSSR count).